The highest BCUT2D eigenvalue weighted by atomic mass is 28.3. The van der Waals surface area contributed by atoms with Gasteiger partial charge in [0.2, 0.25) is 0 Å². The molecule has 1 heterocycles. The molecular weight excluding hydrogens is 364 g/mol. The SMILES string of the molecule is CCCC/C=C(CCCC)/C(=C1/C=C(c2ccccc2)[Si]1(C)C)c1ccccc1. The lowest BCUT2D eigenvalue weighted by Crippen LogP contribution is -2.39. The summed E-state index contributed by atoms with van der Waals surface area (Å²) in [6.07, 6.45) is 12.5. The van der Waals surface area contributed by atoms with Gasteiger partial charge in [0.05, 0.1) is 0 Å². The minimum atomic E-state index is -1.65. The van der Waals surface area contributed by atoms with Crippen LogP contribution in [0, 0.1) is 0 Å². The van der Waals surface area contributed by atoms with E-state index in [4.69, 9.17) is 0 Å². The maximum atomic E-state index is 2.55. The average molecular weight is 401 g/mol. The molecule has 0 spiro atoms. The van der Waals surface area contributed by atoms with Crippen LogP contribution in [0.4, 0.5) is 0 Å². The standard InChI is InChI=1S/C28H36Si/c1-5-7-11-19-24(16-8-6-2)28(25-20-14-10-15-21-25)27-22-26(29(27,3)4)23-17-12-9-13-18-23/h9-10,12-15,17-22H,5-8,11,16H2,1-4H3/b24-19+,28-27+. The fourth-order valence-electron chi connectivity index (χ4n) is 4.31. The lowest BCUT2D eigenvalue weighted by atomic mass is 9.91. The normalized spacial score (nSPS) is 17.5. The van der Waals surface area contributed by atoms with Crippen molar-refractivity contribution in [2.75, 3.05) is 0 Å². The summed E-state index contributed by atoms with van der Waals surface area (Å²) in [4.78, 5) is 0. The van der Waals surface area contributed by atoms with Crippen molar-refractivity contribution < 1.29 is 0 Å². The Labute approximate surface area is 179 Å². The van der Waals surface area contributed by atoms with Gasteiger partial charge in [-0.25, -0.2) is 0 Å². The molecule has 0 bridgehead atoms. The Morgan fingerprint density at radius 2 is 1.45 bits per heavy atom. The topological polar surface area (TPSA) is 0 Å². The lowest BCUT2D eigenvalue weighted by Gasteiger charge is -2.40. The van der Waals surface area contributed by atoms with Crippen LogP contribution < -0.4 is 0 Å². The van der Waals surface area contributed by atoms with E-state index >= 15 is 0 Å². The molecule has 2 aromatic rings. The number of hydrogen-bond donors (Lipinski definition) is 0. The van der Waals surface area contributed by atoms with E-state index in [0.29, 0.717) is 0 Å². The first-order valence-corrected chi connectivity index (χ1v) is 14.4. The van der Waals surface area contributed by atoms with Crippen LogP contribution in [0.3, 0.4) is 0 Å². The summed E-state index contributed by atoms with van der Waals surface area (Å²) < 4.78 is 0. The maximum absolute atomic E-state index is 2.55. The van der Waals surface area contributed by atoms with E-state index in [1.807, 2.05) is 0 Å². The van der Waals surface area contributed by atoms with Gasteiger partial charge in [0.15, 0.2) is 0 Å². The van der Waals surface area contributed by atoms with E-state index in [-0.39, 0.29) is 0 Å². The molecule has 0 nitrogen and oxygen atoms in total. The van der Waals surface area contributed by atoms with Crippen LogP contribution in [0.25, 0.3) is 10.8 Å². The van der Waals surface area contributed by atoms with Crippen LogP contribution >= 0.6 is 0 Å². The third-order valence-electron chi connectivity index (χ3n) is 6.12. The third-order valence-corrected chi connectivity index (χ3v) is 9.64. The van der Waals surface area contributed by atoms with Gasteiger partial charge in [-0.15, -0.1) is 0 Å². The second-order valence-corrected chi connectivity index (χ2v) is 13.0. The Morgan fingerprint density at radius 1 is 0.828 bits per heavy atom. The predicted octanol–water partition coefficient (Wildman–Crippen LogP) is 8.63. The molecule has 2 aromatic carbocycles. The van der Waals surface area contributed by atoms with Crippen LogP contribution in [0.15, 0.2) is 83.6 Å². The van der Waals surface area contributed by atoms with Gasteiger partial charge in [0.1, 0.15) is 8.07 Å². The zero-order chi connectivity index (χ0) is 20.7. The molecule has 0 saturated heterocycles. The molecule has 0 fully saturated rings. The van der Waals surface area contributed by atoms with Crippen LogP contribution in [0.5, 0.6) is 0 Å². The molecule has 0 atom stereocenters. The molecule has 0 N–H and O–H groups in total. The minimum absolute atomic E-state index is 1.19. The zero-order valence-electron chi connectivity index (χ0n) is 18.7. The molecule has 1 aliphatic rings. The highest BCUT2D eigenvalue weighted by Gasteiger charge is 2.40. The molecule has 3 rings (SSSR count). The van der Waals surface area contributed by atoms with Crippen LogP contribution in [0.2, 0.25) is 13.1 Å². The fraction of sp³-hybridized carbons (Fsp3) is 0.357. The molecule has 0 aromatic heterocycles. The van der Waals surface area contributed by atoms with Crippen molar-refractivity contribution in [3.8, 4) is 0 Å². The van der Waals surface area contributed by atoms with E-state index < -0.39 is 8.07 Å². The number of rotatable bonds is 9. The van der Waals surface area contributed by atoms with Crippen molar-refractivity contribution >= 4 is 18.8 Å². The first-order valence-electron chi connectivity index (χ1n) is 11.4. The smallest absolute Gasteiger partial charge is 0.0807 e. The number of benzene rings is 2. The molecule has 1 aliphatic heterocycles. The maximum Gasteiger partial charge on any atom is 0.113 e. The van der Waals surface area contributed by atoms with Crippen molar-refractivity contribution in [2.45, 2.75) is 65.5 Å². The summed E-state index contributed by atoms with van der Waals surface area (Å²) in [7, 11) is -1.65. The summed E-state index contributed by atoms with van der Waals surface area (Å²) in [5.74, 6) is 0. The molecule has 0 aliphatic carbocycles. The fourth-order valence-corrected chi connectivity index (χ4v) is 7.21. The second kappa shape index (κ2) is 10.1. The summed E-state index contributed by atoms with van der Waals surface area (Å²) in [6.45, 7) is 9.63. The van der Waals surface area contributed by atoms with Gasteiger partial charge in [0.25, 0.3) is 0 Å². The van der Waals surface area contributed by atoms with Gasteiger partial charge in [-0.1, -0.05) is 119 Å². The summed E-state index contributed by atoms with van der Waals surface area (Å²) in [5, 5.41) is 3.21. The van der Waals surface area contributed by atoms with Gasteiger partial charge in [0, 0.05) is 0 Å². The van der Waals surface area contributed by atoms with Gasteiger partial charge in [-0.05, 0) is 51.9 Å². The molecule has 29 heavy (non-hydrogen) atoms. The zero-order valence-corrected chi connectivity index (χ0v) is 19.7. The Bertz CT molecular complexity index is 882. The van der Waals surface area contributed by atoms with Crippen molar-refractivity contribution in [1.29, 1.82) is 0 Å². The Morgan fingerprint density at radius 3 is 2.03 bits per heavy atom. The van der Waals surface area contributed by atoms with E-state index in [0.717, 1.165) is 0 Å². The molecule has 0 radical (unpaired) electrons. The third kappa shape index (κ3) is 4.90. The molecule has 0 unspecified atom stereocenters. The van der Waals surface area contributed by atoms with Crippen molar-refractivity contribution in [3.05, 3.63) is 94.7 Å². The molecule has 0 saturated carbocycles. The molecular formula is C28H36Si. The summed E-state index contributed by atoms with van der Waals surface area (Å²) in [5.41, 5.74) is 5.91. The molecule has 152 valence electrons. The first kappa shape index (κ1) is 21.6. The first-order chi connectivity index (χ1) is 14.1. The van der Waals surface area contributed by atoms with Crippen molar-refractivity contribution in [1.82, 2.24) is 0 Å². The van der Waals surface area contributed by atoms with Gasteiger partial charge >= 0.3 is 0 Å². The van der Waals surface area contributed by atoms with Crippen LogP contribution in [-0.2, 0) is 0 Å². The number of unbranched alkanes of at least 4 members (excludes halogenated alkanes) is 3. The molecule has 0 amide bonds. The number of hydrogen-bond acceptors (Lipinski definition) is 0. The summed E-state index contributed by atoms with van der Waals surface area (Å²) >= 11 is 0. The van der Waals surface area contributed by atoms with Crippen molar-refractivity contribution in [2.24, 2.45) is 0 Å². The van der Waals surface area contributed by atoms with Gasteiger partial charge in [-0.2, -0.15) is 0 Å². The molecule has 1 heteroatoms. The largest absolute Gasteiger partial charge is 0.113 e. The van der Waals surface area contributed by atoms with Crippen LogP contribution in [0.1, 0.15) is 63.5 Å². The second-order valence-electron chi connectivity index (χ2n) is 8.68. The Kier molecular flexibility index (Phi) is 7.49. The number of allylic oxidation sites excluding steroid dienone is 5. The highest BCUT2D eigenvalue weighted by molar-refractivity contribution is 7.05. The monoisotopic (exact) mass is 400 g/mol. The van der Waals surface area contributed by atoms with E-state index in [1.54, 1.807) is 16.0 Å². The summed E-state index contributed by atoms with van der Waals surface area (Å²) in [6, 6.07) is 22.1. The Hall–Kier alpha value is -2.12. The predicted molar refractivity (Wildman–Crippen MR) is 132 cm³/mol. The Balaban J connectivity index is 2.13. The highest BCUT2D eigenvalue weighted by Crippen LogP contribution is 2.47. The van der Waals surface area contributed by atoms with Gasteiger partial charge in [-0.3, -0.25) is 0 Å². The lowest BCUT2D eigenvalue weighted by molar-refractivity contribution is 0.780. The van der Waals surface area contributed by atoms with Crippen LogP contribution in [-0.4, -0.2) is 8.07 Å². The van der Waals surface area contributed by atoms with E-state index in [2.05, 4.69) is 99.8 Å². The van der Waals surface area contributed by atoms with E-state index in [1.165, 1.54) is 55.2 Å². The van der Waals surface area contributed by atoms with E-state index in [9.17, 15) is 0 Å². The van der Waals surface area contributed by atoms with Gasteiger partial charge < -0.3 is 0 Å². The minimum Gasteiger partial charge on any atom is -0.0807 e. The average Bonchev–Trinajstić information content (AvgIpc) is 2.75. The van der Waals surface area contributed by atoms with Crippen molar-refractivity contribution in [3.63, 3.8) is 0 Å². The quantitative estimate of drug-likeness (QED) is 0.292.